The Morgan fingerprint density at radius 3 is 2.58 bits per heavy atom. The molecular weight excluding hydrogens is 402 g/mol. The van der Waals surface area contributed by atoms with E-state index >= 15 is 0 Å². The van der Waals surface area contributed by atoms with Crippen LogP contribution in [-0.4, -0.2) is 31.5 Å². The molecule has 4 aromatic rings. The first-order valence-corrected chi connectivity index (χ1v) is 9.27. The maximum atomic E-state index is 14.8. The molecule has 31 heavy (non-hydrogen) atoms. The van der Waals surface area contributed by atoms with Gasteiger partial charge in [0.05, 0.1) is 29.5 Å². The summed E-state index contributed by atoms with van der Waals surface area (Å²) < 4.78 is 30.4. The Hall–Kier alpha value is -4.27. The topological polar surface area (TPSA) is 88.9 Å². The lowest BCUT2D eigenvalue weighted by Gasteiger charge is -2.11. The van der Waals surface area contributed by atoms with Crippen LogP contribution in [0.25, 0.3) is 11.4 Å². The minimum Gasteiger partial charge on any atom is -0.313 e. The van der Waals surface area contributed by atoms with E-state index in [0.717, 1.165) is 18.6 Å². The molecule has 0 bridgehead atoms. The number of nitrogens with one attached hydrogen (secondary N) is 1. The summed E-state index contributed by atoms with van der Waals surface area (Å²) in [6.45, 7) is 0. The van der Waals surface area contributed by atoms with Crippen LogP contribution < -0.4 is 5.43 Å². The molecule has 9 heteroatoms. The van der Waals surface area contributed by atoms with E-state index in [1.165, 1.54) is 33.8 Å². The van der Waals surface area contributed by atoms with E-state index in [2.05, 4.69) is 15.2 Å². The van der Waals surface area contributed by atoms with Crippen LogP contribution in [0.2, 0.25) is 0 Å². The minimum absolute atomic E-state index is 0.0208. The van der Waals surface area contributed by atoms with Gasteiger partial charge in [-0.15, -0.1) is 0 Å². The molecule has 0 spiro atoms. The lowest BCUT2D eigenvalue weighted by atomic mass is 10.2. The van der Waals surface area contributed by atoms with E-state index in [1.54, 1.807) is 30.3 Å². The van der Waals surface area contributed by atoms with Crippen molar-refractivity contribution in [3.63, 3.8) is 0 Å². The van der Waals surface area contributed by atoms with E-state index < -0.39 is 17.1 Å². The Balaban J connectivity index is 1.76. The summed E-state index contributed by atoms with van der Waals surface area (Å²) in [7, 11) is 0. The molecule has 4 rings (SSSR count). The minimum atomic E-state index is -0.635. The van der Waals surface area contributed by atoms with Gasteiger partial charge in [-0.05, 0) is 24.3 Å². The Labute approximate surface area is 175 Å². The average molecular weight is 418 g/mol. The van der Waals surface area contributed by atoms with Crippen molar-refractivity contribution in [2.24, 2.45) is 4.99 Å². The molecular formula is C22H16F2N6O. The highest BCUT2D eigenvalue weighted by Gasteiger charge is 2.14. The zero-order valence-electron chi connectivity index (χ0n) is 16.1. The number of hydrogen-bond donors (Lipinski definition) is 1. The highest BCUT2D eigenvalue weighted by atomic mass is 19.1. The average Bonchev–Trinajstić information content (AvgIpc) is 3.21. The van der Waals surface area contributed by atoms with Crippen molar-refractivity contribution in [1.82, 2.24) is 19.6 Å². The maximum Gasteiger partial charge on any atom is 0.209 e. The molecule has 0 amide bonds. The number of para-hydroxylation sites is 1. The Morgan fingerprint density at radius 2 is 1.90 bits per heavy atom. The third-order valence-electron chi connectivity index (χ3n) is 4.39. The molecule has 0 aliphatic carbocycles. The normalized spacial score (nSPS) is 11.5. The van der Waals surface area contributed by atoms with Crippen LogP contribution in [0.15, 0.2) is 83.0 Å². The molecule has 1 N–H and O–H groups in total. The predicted molar refractivity (Wildman–Crippen MR) is 113 cm³/mol. The molecule has 0 aliphatic rings. The fraction of sp³-hybridized carbons (Fsp3) is 0.0455. The first-order valence-electron chi connectivity index (χ1n) is 9.27. The van der Waals surface area contributed by atoms with Crippen LogP contribution in [0, 0.1) is 17.0 Å². The molecule has 2 aromatic heterocycles. The Morgan fingerprint density at radius 1 is 1.10 bits per heavy atom. The van der Waals surface area contributed by atoms with Gasteiger partial charge in [0, 0.05) is 31.0 Å². The summed E-state index contributed by atoms with van der Waals surface area (Å²) in [5, 5.41) is 15.5. The van der Waals surface area contributed by atoms with Gasteiger partial charge >= 0.3 is 0 Å². The molecule has 0 fully saturated rings. The molecule has 2 heterocycles. The lowest BCUT2D eigenvalue weighted by molar-refractivity contribution is 0.605. The third-order valence-corrected chi connectivity index (χ3v) is 4.39. The van der Waals surface area contributed by atoms with Crippen molar-refractivity contribution in [3.05, 3.63) is 101 Å². The molecule has 7 nitrogen and oxygen atoms in total. The van der Waals surface area contributed by atoms with Crippen LogP contribution in [0.4, 0.5) is 14.5 Å². The van der Waals surface area contributed by atoms with E-state index in [9.17, 15) is 13.6 Å². The molecule has 0 radical (unpaired) electrons. The van der Waals surface area contributed by atoms with E-state index in [0.29, 0.717) is 17.1 Å². The van der Waals surface area contributed by atoms with Crippen LogP contribution >= 0.6 is 0 Å². The first kappa shape index (κ1) is 20.0. The van der Waals surface area contributed by atoms with Crippen molar-refractivity contribution in [2.75, 3.05) is 0 Å². The third kappa shape index (κ3) is 4.35. The number of halogens is 2. The summed E-state index contributed by atoms with van der Waals surface area (Å²) in [6, 6.07) is 14.5. The molecule has 0 atom stereocenters. The van der Waals surface area contributed by atoms with Gasteiger partial charge < -0.3 is 5.41 Å². The number of aliphatic imine (C=N–C) groups is 1. The fourth-order valence-corrected chi connectivity index (χ4v) is 2.96. The van der Waals surface area contributed by atoms with E-state index in [4.69, 9.17) is 5.41 Å². The second kappa shape index (κ2) is 8.62. The van der Waals surface area contributed by atoms with Crippen molar-refractivity contribution in [2.45, 2.75) is 6.42 Å². The van der Waals surface area contributed by atoms with Gasteiger partial charge in [-0.25, -0.2) is 18.1 Å². The molecule has 0 saturated heterocycles. The van der Waals surface area contributed by atoms with Gasteiger partial charge in [0.15, 0.2) is 17.3 Å². The van der Waals surface area contributed by atoms with Crippen molar-refractivity contribution >= 4 is 17.6 Å². The van der Waals surface area contributed by atoms with Crippen molar-refractivity contribution < 1.29 is 8.78 Å². The van der Waals surface area contributed by atoms with Crippen molar-refractivity contribution in [1.29, 1.82) is 5.41 Å². The number of nitrogens with zero attached hydrogens (tertiary/aromatic N) is 5. The summed E-state index contributed by atoms with van der Waals surface area (Å²) in [6.07, 6.45) is 4.72. The lowest BCUT2D eigenvalue weighted by Crippen LogP contribution is -2.22. The van der Waals surface area contributed by atoms with Crippen LogP contribution in [0.5, 0.6) is 0 Å². The molecule has 0 aliphatic heterocycles. The van der Waals surface area contributed by atoms with Gasteiger partial charge in [0.25, 0.3) is 0 Å². The summed E-state index contributed by atoms with van der Waals surface area (Å²) in [5.74, 6) is -1.17. The zero-order valence-corrected chi connectivity index (χ0v) is 16.1. The molecule has 0 unspecified atom stereocenters. The summed E-state index contributed by atoms with van der Waals surface area (Å²) >= 11 is 0. The second-order valence-electron chi connectivity index (χ2n) is 6.51. The monoisotopic (exact) mass is 418 g/mol. The number of hydrogen-bond acceptors (Lipinski definition) is 5. The molecule has 2 aromatic carbocycles. The Kier molecular flexibility index (Phi) is 5.57. The number of aromatic nitrogens is 4. The molecule has 154 valence electrons. The standard InChI is InChI=1S/C22H16F2N6O/c23-15-13-26-30(14-15)17-6-7-20(18(24)12-17)29-11-9-21(31)22(28-29)19(8-10-25)27-16-4-2-1-3-5-16/h1-7,9-14,25H,8H2. The van der Waals surface area contributed by atoms with Crippen LogP contribution in [0.3, 0.4) is 0 Å². The Bertz CT molecular complexity index is 1330. The zero-order chi connectivity index (χ0) is 21.8. The van der Waals surface area contributed by atoms with Gasteiger partial charge in [-0.3, -0.25) is 9.79 Å². The predicted octanol–water partition coefficient (Wildman–Crippen LogP) is 3.86. The van der Waals surface area contributed by atoms with Gasteiger partial charge in [-0.2, -0.15) is 10.2 Å². The highest BCUT2D eigenvalue weighted by Crippen LogP contribution is 2.18. The van der Waals surface area contributed by atoms with E-state index in [1.807, 2.05) is 6.07 Å². The van der Waals surface area contributed by atoms with E-state index in [-0.39, 0.29) is 17.8 Å². The van der Waals surface area contributed by atoms with Gasteiger partial charge in [0.1, 0.15) is 5.69 Å². The van der Waals surface area contributed by atoms with Crippen LogP contribution in [0.1, 0.15) is 12.1 Å². The summed E-state index contributed by atoms with van der Waals surface area (Å²) in [4.78, 5) is 16.9. The quantitative estimate of drug-likeness (QED) is 0.482. The fourth-order valence-electron chi connectivity index (χ4n) is 2.96. The highest BCUT2D eigenvalue weighted by molar-refractivity contribution is 6.06. The van der Waals surface area contributed by atoms with Gasteiger partial charge in [-0.1, -0.05) is 18.2 Å². The second-order valence-corrected chi connectivity index (χ2v) is 6.51. The number of benzene rings is 2. The smallest absolute Gasteiger partial charge is 0.209 e. The summed E-state index contributed by atoms with van der Waals surface area (Å²) in [5.41, 5.74) is 0.958. The largest absolute Gasteiger partial charge is 0.313 e. The first-order chi connectivity index (χ1) is 15.0. The SMILES string of the molecule is N=CCC(=Nc1ccccc1)c1nn(-c2ccc(-n3cc(F)cn3)cc2F)ccc1=O. The maximum absolute atomic E-state index is 14.8. The van der Waals surface area contributed by atoms with Crippen LogP contribution in [-0.2, 0) is 0 Å². The van der Waals surface area contributed by atoms with Crippen molar-refractivity contribution in [3.8, 4) is 11.4 Å². The molecule has 0 saturated carbocycles. The number of rotatable bonds is 6. The van der Waals surface area contributed by atoms with Gasteiger partial charge in [0.2, 0.25) is 5.43 Å².